The minimum absolute atomic E-state index is 0.183. The lowest BCUT2D eigenvalue weighted by Crippen LogP contribution is -2.41. The van der Waals surface area contributed by atoms with Crippen molar-refractivity contribution in [1.29, 1.82) is 0 Å². The lowest BCUT2D eigenvalue weighted by atomic mass is 9.92. The number of likely N-dealkylation sites (tertiary alicyclic amines) is 2. The Balaban J connectivity index is 0.000000342. The van der Waals surface area contributed by atoms with Crippen LogP contribution < -0.4 is 0 Å². The number of ether oxygens (including phenoxy) is 2. The molecule has 2 fully saturated rings. The van der Waals surface area contributed by atoms with Gasteiger partial charge in [0.25, 0.3) is 10.1 Å². The first-order chi connectivity index (χ1) is 20.5. The van der Waals surface area contributed by atoms with Gasteiger partial charge < -0.3 is 24.4 Å². The van der Waals surface area contributed by atoms with Gasteiger partial charge in [0.15, 0.2) is 0 Å². The van der Waals surface area contributed by atoms with Crippen LogP contribution in [0.1, 0.15) is 98.5 Å². The second-order valence-corrected chi connectivity index (χ2v) is 15.5. The van der Waals surface area contributed by atoms with Gasteiger partial charge in [-0.1, -0.05) is 17.7 Å². The van der Waals surface area contributed by atoms with Crippen LogP contribution in [0.5, 0.6) is 0 Å². The summed E-state index contributed by atoms with van der Waals surface area (Å²) in [4.78, 5) is 27.6. The zero-order valence-electron chi connectivity index (χ0n) is 28.0. The van der Waals surface area contributed by atoms with E-state index in [9.17, 15) is 18.0 Å². The molecule has 2 heterocycles. The Morgan fingerprint density at radius 2 is 1.18 bits per heavy atom. The first kappa shape index (κ1) is 37.8. The second-order valence-electron chi connectivity index (χ2n) is 13.9. The Labute approximate surface area is 265 Å². The van der Waals surface area contributed by atoms with Gasteiger partial charge >= 0.3 is 12.2 Å². The maximum atomic E-state index is 12.1. The zero-order chi connectivity index (χ0) is 33.0. The zero-order valence-corrected chi connectivity index (χ0v) is 28.8. The number of aliphatic hydroxyl groups is 1. The number of hydrogen-bond donors (Lipinski definition) is 1. The van der Waals surface area contributed by atoms with Gasteiger partial charge in [-0.25, -0.2) is 9.59 Å². The Bertz CT molecular complexity index is 1110. The van der Waals surface area contributed by atoms with Gasteiger partial charge in [0.05, 0.1) is 11.5 Å². The standard InChI is InChI=1S/C20H31NO5S.C13H25NO3/c1-16-7-9-18(10-8-16)27(23,24)25-15-5-6-17-11-13-21(14-12-17)19(22)26-20(2,3)4;1-13(2,3)17-12(16)14-8-6-11(7-9-14)5-4-10-15/h7-10,17H,5-6,11-15H2,1-4H3;11,15H,4-10H2,1-3H3. The van der Waals surface area contributed by atoms with E-state index in [1.807, 2.05) is 48.5 Å². The Morgan fingerprint density at radius 1 is 0.773 bits per heavy atom. The third-order valence-electron chi connectivity index (χ3n) is 7.61. The number of rotatable bonds is 9. The summed E-state index contributed by atoms with van der Waals surface area (Å²) in [7, 11) is -3.69. The minimum Gasteiger partial charge on any atom is -0.444 e. The highest BCUT2D eigenvalue weighted by Gasteiger charge is 2.28. The molecule has 2 aliphatic rings. The maximum absolute atomic E-state index is 12.1. The van der Waals surface area contributed by atoms with Crippen LogP contribution >= 0.6 is 0 Å². The molecule has 3 rings (SSSR count). The van der Waals surface area contributed by atoms with E-state index in [2.05, 4.69) is 0 Å². The maximum Gasteiger partial charge on any atom is 0.410 e. The molecule has 2 saturated heterocycles. The molecule has 0 aliphatic carbocycles. The van der Waals surface area contributed by atoms with Crippen molar-refractivity contribution in [3.05, 3.63) is 29.8 Å². The summed E-state index contributed by atoms with van der Waals surface area (Å²) >= 11 is 0. The van der Waals surface area contributed by atoms with E-state index in [0.29, 0.717) is 31.3 Å². The predicted molar refractivity (Wildman–Crippen MR) is 171 cm³/mol. The molecule has 44 heavy (non-hydrogen) atoms. The fourth-order valence-electron chi connectivity index (χ4n) is 5.15. The number of carbonyl (C=O) groups is 2. The number of hydrogen-bond acceptors (Lipinski definition) is 8. The lowest BCUT2D eigenvalue weighted by molar-refractivity contribution is 0.0169. The molecular weight excluding hydrogens is 584 g/mol. The third-order valence-corrected chi connectivity index (χ3v) is 8.93. The molecule has 252 valence electrons. The molecule has 0 bridgehead atoms. The molecule has 0 saturated carbocycles. The fraction of sp³-hybridized carbons (Fsp3) is 0.758. The minimum atomic E-state index is -3.69. The van der Waals surface area contributed by atoms with Crippen molar-refractivity contribution in [3.63, 3.8) is 0 Å². The number of aliphatic hydroxyl groups excluding tert-OH is 1. The van der Waals surface area contributed by atoms with Gasteiger partial charge in [-0.05, 0) is 124 Å². The van der Waals surface area contributed by atoms with Crippen molar-refractivity contribution >= 4 is 22.3 Å². The quantitative estimate of drug-likeness (QED) is 0.239. The van der Waals surface area contributed by atoms with E-state index < -0.39 is 21.3 Å². The first-order valence-electron chi connectivity index (χ1n) is 16.0. The van der Waals surface area contributed by atoms with Gasteiger partial charge in [0.1, 0.15) is 11.2 Å². The van der Waals surface area contributed by atoms with Crippen LogP contribution in [0.4, 0.5) is 9.59 Å². The number of benzene rings is 1. The molecule has 0 spiro atoms. The van der Waals surface area contributed by atoms with Gasteiger partial charge in [-0.15, -0.1) is 0 Å². The van der Waals surface area contributed by atoms with Crippen LogP contribution in [0, 0.1) is 18.8 Å². The molecule has 1 aromatic carbocycles. The van der Waals surface area contributed by atoms with Crippen molar-refractivity contribution in [3.8, 4) is 0 Å². The van der Waals surface area contributed by atoms with Crippen LogP contribution in [0.15, 0.2) is 29.2 Å². The van der Waals surface area contributed by atoms with Crippen LogP contribution in [0.3, 0.4) is 0 Å². The highest BCUT2D eigenvalue weighted by Crippen LogP contribution is 2.25. The normalized spacial score (nSPS) is 17.1. The largest absolute Gasteiger partial charge is 0.444 e. The molecule has 10 nitrogen and oxygen atoms in total. The smallest absolute Gasteiger partial charge is 0.410 e. The predicted octanol–water partition coefficient (Wildman–Crippen LogP) is 6.53. The SMILES string of the molecule is CC(C)(C)OC(=O)N1CCC(CCCO)CC1.Cc1ccc(S(=O)(=O)OCCCC2CCN(C(=O)OC(C)(C)C)CC2)cc1. The number of nitrogens with zero attached hydrogens (tertiary/aromatic N) is 2. The van der Waals surface area contributed by atoms with Gasteiger partial charge in [-0.2, -0.15) is 8.42 Å². The topological polar surface area (TPSA) is 123 Å². The summed E-state index contributed by atoms with van der Waals surface area (Å²) in [5.41, 5.74) is 0.116. The third kappa shape index (κ3) is 14.6. The average molecular weight is 641 g/mol. The number of carbonyl (C=O) groups excluding carboxylic acids is 2. The summed E-state index contributed by atoms with van der Waals surface area (Å²) in [5, 5.41) is 8.78. The summed E-state index contributed by atoms with van der Waals surface area (Å²) in [5.74, 6) is 1.13. The molecule has 0 unspecified atom stereocenters. The van der Waals surface area contributed by atoms with Gasteiger partial charge in [-0.3, -0.25) is 4.18 Å². The highest BCUT2D eigenvalue weighted by molar-refractivity contribution is 7.86. The van der Waals surface area contributed by atoms with Gasteiger partial charge in [0.2, 0.25) is 0 Å². The van der Waals surface area contributed by atoms with Crippen LogP contribution in [-0.2, 0) is 23.8 Å². The summed E-state index contributed by atoms with van der Waals surface area (Å²) in [6.07, 6.45) is 6.93. The Hall–Kier alpha value is -2.37. The highest BCUT2D eigenvalue weighted by atomic mass is 32.2. The molecule has 1 N–H and O–H groups in total. The molecule has 0 aromatic heterocycles. The van der Waals surface area contributed by atoms with E-state index in [1.165, 1.54) is 0 Å². The van der Waals surface area contributed by atoms with E-state index in [0.717, 1.165) is 63.6 Å². The average Bonchev–Trinajstić information content (AvgIpc) is 2.93. The van der Waals surface area contributed by atoms with Crippen LogP contribution in [-0.4, -0.2) is 86.1 Å². The van der Waals surface area contributed by atoms with Crippen LogP contribution in [0.25, 0.3) is 0 Å². The summed E-state index contributed by atoms with van der Waals surface area (Å²) < 4.78 is 40.2. The monoisotopic (exact) mass is 640 g/mol. The van der Waals surface area contributed by atoms with Crippen molar-refractivity contribution in [1.82, 2.24) is 9.80 Å². The Morgan fingerprint density at radius 3 is 1.57 bits per heavy atom. The lowest BCUT2D eigenvalue weighted by Gasteiger charge is -2.33. The molecule has 2 aliphatic heterocycles. The molecular formula is C33H56N2O8S. The van der Waals surface area contributed by atoms with E-state index in [4.69, 9.17) is 18.8 Å². The van der Waals surface area contributed by atoms with Crippen molar-refractivity contribution in [2.24, 2.45) is 11.8 Å². The van der Waals surface area contributed by atoms with E-state index in [-0.39, 0.29) is 30.3 Å². The molecule has 1 aromatic rings. The molecule has 2 amide bonds. The van der Waals surface area contributed by atoms with Crippen molar-refractivity contribution < 1.29 is 36.8 Å². The molecule has 0 atom stereocenters. The number of piperidine rings is 2. The number of amides is 2. The second kappa shape index (κ2) is 17.4. The number of aryl methyl sites for hydroxylation is 1. The van der Waals surface area contributed by atoms with Crippen molar-refractivity contribution in [2.75, 3.05) is 39.4 Å². The molecule has 11 heteroatoms. The van der Waals surface area contributed by atoms with Gasteiger partial charge in [0, 0.05) is 32.8 Å². The van der Waals surface area contributed by atoms with E-state index >= 15 is 0 Å². The summed E-state index contributed by atoms with van der Waals surface area (Å²) in [6.45, 7) is 16.5. The van der Waals surface area contributed by atoms with E-state index in [1.54, 1.807) is 34.1 Å². The van der Waals surface area contributed by atoms with Crippen LogP contribution in [0.2, 0.25) is 0 Å². The molecule has 0 radical (unpaired) electrons. The fourth-order valence-corrected chi connectivity index (χ4v) is 6.10. The summed E-state index contributed by atoms with van der Waals surface area (Å²) in [6, 6.07) is 6.65. The van der Waals surface area contributed by atoms with Crippen molar-refractivity contribution in [2.45, 2.75) is 116 Å². The Kier molecular flexibility index (Phi) is 14.9. The first-order valence-corrected chi connectivity index (χ1v) is 17.4.